The van der Waals surface area contributed by atoms with Crippen LogP contribution >= 0.6 is 0 Å². The lowest BCUT2D eigenvalue weighted by Crippen LogP contribution is -2.30. The third kappa shape index (κ3) is 5.56. The Labute approximate surface area is 168 Å². The number of sulfonamides is 1. The molecule has 0 aliphatic carbocycles. The fourth-order valence-electron chi connectivity index (χ4n) is 2.95. The molecule has 0 atom stereocenters. The Morgan fingerprint density at radius 2 is 1.54 bits per heavy atom. The number of hydrogen-bond donors (Lipinski definition) is 2. The monoisotopic (exact) mass is 403 g/mol. The SMILES string of the molecule is CCN(c1ccc(NC(=O)c2ccc(S(=O)(=O)NC(C)C)cc2)cc1)C(C)C. The number of nitrogens with one attached hydrogen (secondary N) is 2. The lowest BCUT2D eigenvalue weighted by molar-refractivity contribution is 0.102. The van der Waals surface area contributed by atoms with Crippen molar-refractivity contribution in [1.82, 2.24) is 4.72 Å². The largest absolute Gasteiger partial charge is 0.369 e. The second-order valence-electron chi connectivity index (χ2n) is 7.18. The van der Waals surface area contributed by atoms with E-state index in [9.17, 15) is 13.2 Å². The van der Waals surface area contributed by atoms with Crippen molar-refractivity contribution < 1.29 is 13.2 Å². The summed E-state index contributed by atoms with van der Waals surface area (Å²) in [6, 6.07) is 13.8. The quantitative estimate of drug-likeness (QED) is 0.701. The molecule has 0 fully saturated rings. The highest BCUT2D eigenvalue weighted by molar-refractivity contribution is 7.89. The predicted molar refractivity (Wildman–Crippen MR) is 114 cm³/mol. The van der Waals surface area contributed by atoms with Crippen LogP contribution in [0.2, 0.25) is 0 Å². The summed E-state index contributed by atoms with van der Waals surface area (Å²) < 4.78 is 26.8. The Kier molecular flexibility index (Phi) is 7.21. The lowest BCUT2D eigenvalue weighted by atomic mass is 10.2. The van der Waals surface area contributed by atoms with Gasteiger partial charge in [0.1, 0.15) is 0 Å². The van der Waals surface area contributed by atoms with E-state index in [0.29, 0.717) is 17.3 Å². The van der Waals surface area contributed by atoms with Gasteiger partial charge in [-0.2, -0.15) is 0 Å². The molecule has 2 rings (SSSR count). The van der Waals surface area contributed by atoms with E-state index >= 15 is 0 Å². The molecule has 0 unspecified atom stereocenters. The molecular weight excluding hydrogens is 374 g/mol. The molecule has 0 aromatic heterocycles. The van der Waals surface area contributed by atoms with Crippen molar-refractivity contribution in [3.63, 3.8) is 0 Å². The first-order chi connectivity index (χ1) is 13.1. The summed E-state index contributed by atoms with van der Waals surface area (Å²) in [4.78, 5) is 14.8. The van der Waals surface area contributed by atoms with Crippen LogP contribution < -0.4 is 14.9 Å². The number of nitrogens with zero attached hydrogens (tertiary/aromatic N) is 1. The number of carbonyl (C=O) groups excluding carboxylic acids is 1. The average Bonchev–Trinajstić information content (AvgIpc) is 2.62. The lowest BCUT2D eigenvalue weighted by Gasteiger charge is -2.27. The zero-order valence-corrected chi connectivity index (χ0v) is 17.9. The molecule has 0 radical (unpaired) electrons. The Morgan fingerprint density at radius 1 is 0.964 bits per heavy atom. The molecule has 2 aromatic carbocycles. The van der Waals surface area contributed by atoms with Crippen LogP contribution in [-0.2, 0) is 10.0 Å². The number of hydrogen-bond acceptors (Lipinski definition) is 4. The second kappa shape index (κ2) is 9.21. The van der Waals surface area contributed by atoms with E-state index in [1.165, 1.54) is 24.3 Å². The first-order valence-electron chi connectivity index (χ1n) is 9.44. The topological polar surface area (TPSA) is 78.5 Å². The van der Waals surface area contributed by atoms with Gasteiger partial charge < -0.3 is 10.2 Å². The molecule has 0 heterocycles. The van der Waals surface area contributed by atoms with Crippen molar-refractivity contribution in [3.8, 4) is 0 Å². The molecule has 152 valence electrons. The summed E-state index contributed by atoms with van der Waals surface area (Å²) in [5.74, 6) is -0.287. The van der Waals surface area contributed by atoms with Gasteiger partial charge in [-0.05, 0) is 83.1 Å². The molecule has 2 aromatic rings. The Balaban J connectivity index is 2.09. The van der Waals surface area contributed by atoms with E-state index in [0.717, 1.165) is 12.2 Å². The molecule has 7 heteroatoms. The minimum Gasteiger partial charge on any atom is -0.369 e. The number of anilines is 2. The van der Waals surface area contributed by atoms with Crippen LogP contribution in [0.4, 0.5) is 11.4 Å². The number of carbonyl (C=O) groups is 1. The molecule has 0 spiro atoms. The zero-order chi connectivity index (χ0) is 20.9. The summed E-state index contributed by atoms with van der Waals surface area (Å²) in [6.07, 6.45) is 0. The van der Waals surface area contributed by atoms with Gasteiger partial charge in [0.2, 0.25) is 10.0 Å². The molecule has 2 N–H and O–H groups in total. The third-order valence-corrected chi connectivity index (χ3v) is 5.91. The van der Waals surface area contributed by atoms with E-state index < -0.39 is 10.0 Å². The third-order valence-electron chi connectivity index (χ3n) is 4.24. The molecule has 28 heavy (non-hydrogen) atoms. The molecule has 1 amide bonds. The predicted octanol–water partition coefficient (Wildman–Crippen LogP) is 3.86. The van der Waals surface area contributed by atoms with Gasteiger partial charge in [0.05, 0.1) is 4.90 Å². The molecule has 0 saturated heterocycles. The first kappa shape index (κ1) is 21.9. The molecule has 0 aliphatic rings. The van der Waals surface area contributed by atoms with E-state index in [4.69, 9.17) is 0 Å². The van der Waals surface area contributed by atoms with E-state index in [1.807, 2.05) is 24.3 Å². The van der Waals surface area contributed by atoms with Crippen LogP contribution in [0.5, 0.6) is 0 Å². The van der Waals surface area contributed by atoms with Gasteiger partial charge in [0.15, 0.2) is 0 Å². The highest BCUT2D eigenvalue weighted by atomic mass is 32.2. The van der Waals surface area contributed by atoms with Crippen molar-refractivity contribution in [2.45, 2.75) is 51.6 Å². The highest BCUT2D eigenvalue weighted by Gasteiger charge is 2.16. The minimum atomic E-state index is -3.57. The minimum absolute atomic E-state index is 0.135. The van der Waals surface area contributed by atoms with Gasteiger partial charge in [-0.1, -0.05) is 0 Å². The van der Waals surface area contributed by atoms with Gasteiger partial charge in [-0.25, -0.2) is 13.1 Å². The van der Waals surface area contributed by atoms with Gasteiger partial charge in [0.25, 0.3) is 5.91 Å². The Morgan fingerprint density at radius 3 is 2.00 bits per heavy atom. The first-order valence-corrected chi connectivity index (χ1v) is 10.9. The summed E-state index contributed by atoms with van der Waals surface area (Å²) in [7, 11) is -3.57. The van der Waals surface area contributed by atoms with Gasteiger partial charge in [-0.15, -0.1) is 0 Å². The number of rotatable bonds is 8. The van der Waals surface area contributed by atoms with Crippen LogP contribution in [0.25, 0.3) is 0 Å². The van der Waals surface area contributed by atoms with E-state index in [-0.39, 0.29) is 16.8 Å². The normalized spacial score (nSPS) is 11.7. The Bertz CT molecular complexity index is 889. The summed E-state index contributed by atoms with van der Waals surface area (Å²) in [6.45, 7) is 10.8. The second-order valence-corrected chi connectivity index (χ2v) is 8.90. The van der Waals surface area contributed by atoms with Gasteiger partial charge in [0, 0.05) is 35.6 Å². The van der Waals surface area contributed by atoms with E-state index in [2.05, 4.69) is 35.7 Å². The van der Waals surface area contributed by atoms with Crippen molar-refractivity contribution in [2.75, 3.05) is 16.8 Å². The maximum atomic E-state index is 12.4. The van der Waals surface area contributed by atoms with Crippen LogP contribution in [0.3, 0.4) is 0 Å². The molecular formula is C21H29N3O3S. The fourth-order valence-corrected chi connectivity index (χ4v) is 4.20. The highest BCUT2D eigenvalue weighted by Crippen LogP contribution is 2.20. The maximum absolute atomic E-state index is 12.4. The molecule has 6 nitrogen and oxygen atoms in total. The fraction of sp³-hybridized carbons (Fsp3) is 0.381. The molecule has 0 bridgehead atoms. The number of amides is 1. The smallest absolute Gasteiger partial charge is 0.255 e. The van der Waals surface area contributed by atoms with Crippen LogP contribution in [0.15, 0.2) is 53.4 Å². The summed E-state index contributed by atoms with van der Waals surface area (Å²) in [5.41, 5.74) is 2.18. The average molecular weight is 404 g/mol. The van der Waals surface area contributed by atoms with Crippen LogP contribution in [0.1, 0.15) is 45.0 Å². The van der Waals surface area contributed by atoms with Crippen molar-refractivity contribution >= 4 is 27.3 Å². The van der Waals surface area contributed by atoms with Gasteiger partial charge >= 0.3 is 0 Å². The van der Waals surface area contributed by atoms with E-state index in [1.54, 1.807) is 13.8 Å². The van der Waals surface area contributed by atoms with Crippen LogP contribution in [-0.4, -0.2) is 33.0 Å². The standard InChI is InChI=1S/C21H29N3O3S/c1-6-24(16(4)5)19-11-9-18(10-12-19)22-21(25)17-7-13-20(14-8-17)28(26,27)23-15(2)3/h7-16,23H,6H2,1-5H3,(H,22,25). The van der Waals surface area contributed by atoms with Crippen molar-refractivity contribution in [2.24, 2.45) is 0 Å². The number of benzene rings is 2. The Hall–Kier alpha value is -2.38. The summed E-state index contributed by atoms with van der Waals surface area (Å²) >= 11 is 0. The maximum Gasteiger partial charge on any atom is 0.255 e. The summed E-state index contributed by atoms with van der Waals surface area (Å²) in [5, 5.41) is 2.84. The van der Waals surface area contributed by atoms with Crippen LogP contribution in [0, 0.1) is 0 Å². The van der Waals surface area contributed by atoms with Gasteiger partial charge in [-0.3, -0.25) is 4.79 Å². The molecule has 0 aliphatic heterocycles. The molecule has 0 saturated carbocycles. The van der Waals surface area contributed by atoms with Crippen molar-refractivity contribution in [1.29, 1.82) is 0 Å². The van der Waals surface area contributed by atoms with Crippen molar-refractivity contribution in [3.05, 3.63) is 54.1 Å². The zero-order valence-electron chi connectivity index (χ0n) is 17.1.